The van der Waals surface area contributed by atoms with Crippen LogP contribution >= 0.6 is 0 Å². The van der Waals surface area contributed by atoms with Gasteiger partial charge in [-0.1, -0.05) is 30.3 Å². The van der Waals surface area contributed by atoms with E-state index in [0.29, 0.717) is 5.52 Å². The number of aromatic nitrogens is 1. The number of hydrogen-bond donors (Lipinski definition) is 0. The first-order valence-electron chi connectivity index (χ1n) is 5.40. The standard InChI is InChI=1S/C14H8F3N/c15-14(16,17)10-5-6-12-11-4-2-1-3-9(11)8-18-13(12)7-10/h1-8H. The number of nitrogens with zero attached hydrogens (tertiary/aromatic N) is 1. The predicted molar refractivity (Wildman–Crippen MR) is 64.3 cm³/mol. The van der Waals surface area contributed by atoms with E-state index in [0.717, 1.165) is 28.3 Å². The van der Waals surface area contributed by atoms with Gasteiger partial charge in [0, 0.05) is 17.0 Å². The van der Waals surface area contributed by atoms with Gasteiger partial charge in [0.05, 0.1) is 11.1 Å². The van der Waals surface area contributed by atoms with Gasteiger partial charge in [0.25, 0.3) is 0 Å². The third-order valence-electron chi connectivity index (χ3n) is 2.92. The molecular weight excluding hydrogens is 239 g/mol. The molecule has 3 aromatic rings. The molecule has 0 fully saturated rings. The Morgan fingerprint density at radius 2 is 1.67 bits per heavy atom. The van der Waals surface area contributed by atoms with Crippen LogP contribution in [-0.2, 0) is 6.18 Å². The summed E-state index contributed by atoms with van der Waals surface area (Å²) in [6.45, 7) is 0. The predicted octanol–water partition coefficient (Wildman–Crippen LogP) is 4.41. The molecule has 0 radical (unpaired) electrons. The summed E-state index contributed by atoms with van der Waals surface area (Å²) in [5.74, 6) is 0. The summed E-state index contributed by atoms with van der Waals surface area (Å²) in [5, 5.41) is 2.57. The van der Waals surface area contributed by atoms with Crippen molar-refractivity contribution in [1.29, 1.82) is 0 Å². The van der Waals surface area contributed by atoms with Gasteiger partial charge in [-0.15, -0.1) is 0 Å². The minimum absolute atomic E-state index is 0.364. The summed E-state index contributed by atoms with van der Waals surface area (Å²) < 4.78 is 37.8. The lowest BCUT2D eigenvalue weighted by atomic mass is 10.0. The SMILES string of the molecule is FC(F)(F)c1ccc2c(c1)ncc1ccccc12. The number of benzene rings is 2. The van der Waals surface area contributed by atoms with E-state index in [1.54, 1.807) is 6.20 Å². The van der Waals surface area contributed by atoms with Crippen LogP contribution in [0.25, 0.3) is 21.7 Å². The first-order valence-corrected chi connectivity index (χ1v) is 5.40. The Hall–Kier alpha value is -2.10. The Morgan fingerprint density at radius 1 is 0.889 bits per heavy atom. The van der Waals surface area contributed by atoms with Gasteiger partial charge in [-0.3, -0.25) is 4.98 Å². The second-order valence-electron chi connectivity index (χ2n) is 4.08. The van der Waals surface area contributed by atoms with E-state index in [4.69, 9.17) is 0 Å². The monoisotopic (exact) mass is 247 g/mol. The molecule has 2 aromatic carbocycles. The van der Waals surface area contributed by atoms with Crippen molar-refractivity contribution in [3.63, 3.8) is 0 Å². The van der Waals surface area contributed by atoms with Gasteiger partial charge >= 0.3 is 6.18 Å². The van der Waals surface area contributed by atoms with Gasteiger partial charge in [-0.25, -0.2) is 0 Å². The number of pyridine rings is 1. The fourth-order valence-electron chi connectivity index (χ4n) is 2.04. The maximum Gasteiger partial charge on any atom is 0.416 e. The largest absolute Gasteiger partial charge is 0.416 e. The molecule has 90 valence electrons. The lowest BCUT2D eigenvalue weighted by Crippen LogP contribution is -2.04. The van der Waals surface area contributed by atoms with E-state index in [1.807, 2.05) is 24.3 Å². The number of halogens is 3. The lowest BCUT2D eigenvalue weighted by Gasteiger charge is -2.08. The van der Waals surface area contributed by atoms with E-state index in [9.17, 15) is 13.2 Å². The molecule has 0 bridgehead atoms. The average molecular weight is 247 g/mol. The molecule has 0 amide bonds. The molecule has 1 aromatic heterocycles. The third kappa shape index (κ3) is 1.70. The summed E-state index contributed by atoms with van der Waals surface area (Å²) in [6, 6.07) is 11.2. The second-order valence-corrected chi connectivity index (χ2v) is 4.08. The number of fused-ring (bicyclic) bond motifs is 3. The molecular formula is C14H8F3N. The average Bonchev–Trinajstić information content (AvgIpc) is 2.37. The molecule has 4 heteroatoms. The molecule has 3 rings (SSSR count). The quantitative estimate of drug-likeness (QED) is 0.536. The van der Waals surface area contributed by atoms with E-state index >= 15 is 0 Å². The molecule has 1 nitrogen and oxygen atoms in total. The topological polar surface area (TPSA) is 12.9 Å². The first kappa shape index (κ1) is 11.0. The van der Waals surface area contributed by atoms with Crippen LogP contribution < -0.4 is 0 Å². The van der Waals surface area contributed by atoms with Crippen molar-refractivity contribution >= 4 is 21.7 Å². The lowest BCUT2D eigenvalue weighted by molar-refractivity contribution is -0.137. The smallest absolute Gasteiger partial charge is 0.256 e. The normalized spacial score (nSPS) is 12.2. The van der Waals surface area contributed by atoms with Crippen LogP contribution in [0.3, 0.4) is 0 Å². The number of hydrogen-bond acceptors (Lipinski definition) is 1. The zero-order valence-electron chi connectivity index (χ0n) is 9.20. The fourth-order valence-corrected chi connectivity index (χ4v) is 2.04. The Morgan fingerprint density at radius 3 is 2.44 bits per heavy atom. The highest BCUT2D eigenvalue weighted by atomic mass is 19.4. The van der Waals surface area contributed by atoms with E-state index in [2.05, 4.69) is 4.98 Å². The van der Waals surface area contributed by atoms with E-state index in [-0.39, 0.29) is 0 Å². The van der Waals surface area contributed by atoms with Crippen molar-refractivity contribution in [2.75, 3.05) is 0 Å². The molecule has 0 aliphatic carbocycles. The van der Waals surface area contributed by atoms with Crippen molar-refractivity contribution in [2.24, 2.45) is 0 Å². The van der Waals surface area contributed by atoms with Crippen LogP contribution in [0.5, 0.6) is 0 Å². The summed E-state index contributed by atoms with van der Waals surface area (Å²) in [7, 11) is 0. The molecule has 0 spiro atoms. The van der Waals surface area contributed by atoms with Crippen LogP contribution in [0, 0.1) is 0 Å². The Kier molecular flexibility index (Phi) is 2.26. The molecule has 0 atom stereocenters. The van der Waals surface area contributed by atoms with E-state index in [1.165, 1.54) is 6.07 Å². The highest BCUT2D eigenvalue weighted by Gasteiger charge is 2.30. The molecule has 0 aliphatic heterocycles. The van der Waals surface area contributed by atoms with Gasteiger partial charge in [-0.2, -0.15) is 13.2 Å². The van der Waals surface area contributed by atoms with E-state index < -0.39 is 11.7 Å². The third-order valence-corrected chi connectivity index (χ3v) is 2.92. The summed E-state index contributed by atoms with van der Waals surface area (Å²) >= 11 is 0. The van der Waals surface area contributed by atoms with Gasteiger partial charge in [0.2, 0.25) is 0 Å². The highest BCUT2D eigenvalue weighted by Crippen LogP contribution is 2.32. The molecule has 0 saturated carbocycles. The summed E-state index contributed by atoms with van der Waals surface area (Å²) in [6.07, 6.45) is -2.74. The van der Waals surface area contributed by atoms with Crippen molar-refractivity contribution < 1.29 is 13.2 Å². The fraction of sp³-hybridized carbons (Fsp3) is 0.0714. The minimum atomic E-state index is -4.33. The van der Waals surface area contributed by atoms with Crippen molar-refractivity contribution in [2.45, 2.75) is 6.18 Å². The summed E-state index contributed by atoms with van der Waals surface area (Å²) in [4.78, 5) is 4.08. The molecule has 0 unspecified atom stereocenters. The Labute approximate surface area is 101 Å². The molecule has 0 saturated heterocycles. The first-order chi connectivity index (χ1) is 8.55. The molecule has 18 heavy (non-hydrogen) atoms. The highest BCUT2D eigenvalue weighted by molar-refractivity contribution is 6.05. The van der Waals surface area contributed by atoms with Crippen molar-refractivity contribution in [3.8, 4) is 0 Å². The number of alkyl halides is 3. The molecule has 0 N–H and O–H groups in total. The van der Waals surface area contributed by atoms with Crippen LogP contribution in [0.1, 0.15) is 5.56 Å². The van der Waals surface area contributed by atoms with Crippen LogP contribution in [0.2, 0.25) is 0 Å². The van der Waals surface area contributed by atoms with Gasteiger partial charge in [-0.05, 0) is 17.5 Å². The van der Waals surface area contributed by atoms with Gasteiger partial charge < -0.3 is 0 Å². The zero-order valence-corrected chi connectivity index (χ0v) is 9.20. The molecule has 0 aliphatic rings. The maximum atomic E-state index is 12.6. The Balaban J connectivity index is 2.35. The van der Waals surface area contributed by atoms with Crippen LogP contribution in [-0.4, -0.2) is 4.98 Å². The Bertz CT molecular complexity index is 732. The minimum Gasteiger partial charge on any atom is -0.256 e. The molecule has 1 heterocycles. The zero-order chi connectivity index (χ0) is 12.8. The van der Waals surface area contributed by atoms with Gasteiger partial charge in [0.1, 0.15) is 0 Å². The van der Waals surface area contributed by atoms with Crippen molar-refractivity contribution in [1.82, 2.24) is 4.98 Å². The van der Waals surface area contributed by atoms with Crippen molar-refractivity contribution in [3.05, 3.63) is 54.2 Å². The second kappa shape index (κ2) is 3.70. The maximum absolute atomic E-state index is 12.6. The van der Waals surface area contributed by atoms with Gasteiger partial charge in [0.15, 0.2) is 0 Å². The number of rotatable bonds is 0. The summed E-state index contributed by atoms with van der Waals surface area (Å²) in [5.41, 5.74) is -0.304. The van der Waals surface area contributed by atoms with Crippen LogP contribution in [0.4, 0.5) is 13.2 Å². The van der Waals surface area contributed by atoms with Crippen LogP contribution in [0.15, 0.2) is 48.7 Å².